The predicted molar refractivity (Wildman–Crippen MR) is 59.7 cm³/mol. The highest BCUT2D eigenvalue weighted by Crippen LogP contribution is 2.14. The van der Waals surface area contributed by atoms with Gasteiger partial charge in [-0.25, -0.2) is 9.48 Å². The van der Waals surface area contributed by atoms with Crippen molar-refractivity contribution in [3.05, 3.63) is 16.3 Å². The molecular formula is C10H15F3N4O2. The summed E-state index contributed by atoms with van der Waals surface area (Å²) in [6.07, 6.45) is -3.99. The Hall–Kier alpha value is -1.35. The monoisotopic (exact) mass is 280 g/mol. The van der Waals surface area contributed by atoms with Crippen LogP contribution < -0.4 is 11.0 Å². The largest absolute Gasteiger partial charge is 0.411 e. The zero-order valence-electron chi connectivity index (χ0n) is 10.2. The highest BCUT2D eigenvalue weighted by molar-refractivity contribution is 4.90. The molecule has 0 unspecified atom stereocenters. The molecule has 0 bridgehead atoms. The number of hydrogen-bond acceptors (Lipinski definition) is 4. The minimum Gasteiger partial charge on any atom is -0.372 e. The summed E-state index contributed by atoms with van der Waals surface area (Å²) < 4.78 is 42.8. The number of aryl methyl sites for hydroxylation is 1. The second kappa shape index (κ2) is 5.74. The van der Waals surface area contributed by atoms with Crippen LogP contribution in [0.4, 0.5) is 13.2 Å². The van der Waals surface area contributed by atoms with Gasteiger partial charge in [0.25, 0.3) is 0 Å². The van der Waals surface area contributed by atoms with Gasteiger partial charge in [-0.1, -0.05) is 0 Å². The van der Waals surface area contributed by atoms with Gasteiger partial charge >= 0.3 is 11.9 Å². The van der Waals surface area contributed by atoms with Gasteiger partial charge in [-0.3, -0.25) is 4.57 Å². The summed E-state index contributed by atoms with van der Waals surface area (Å²) >= 11 is 0. The van der Waals surface area contributed by atoms with E-state index >= 15 is 0 Å². The van der Waals surface area contributed by atoms with Gasteiger partial charge in [-0.15, -0.1) is 0 Å². The second-order valence-electron chi connectivity index (χ2n) is 4.27. The van der Waals surface area contributed by atoms with Gasteiger partial charge in [0.15, 0.2) is 0 Å². The Morgan fingerprint density at radius 2 is 2.21 bits per heavy atom. The molecule has 1 aromatic heterocycles. The van der Waals surface area contributed by atoms with Crippen LogP contribution in [-0.4, -0.2) is 40.3 Å². The van der Waals surface area contributed by atoms with Crippen molar-refractivity contribution < 1.29 is 17.9 Å². The molecule has 9 heteroatoms. The first kappa shape index (κ1) is 14.1. The van der Waals surface area contributed by atoms with Crippen LogP contribution in [-0.2, 0) is 24.4 Å². The number of fused-ring (bicyclic) bond motifs is 1. The molecule has 0 fully saturated rings. The standard InChI is InChI=1S/C10H15F3N4O2/c11-10(12,13)7-19-5-1-3-17-9(18)16-4-2-14-6-8(16)15-17/h14H,1-7H2. The molecule has 0 aromatic carbocycles. The van der Waals surface area contributed by atoms with Gasteiger partial charge in [0.05, 0.1) is 6.54 Å². The molecule has 0 spiro atoms. The number of rotatable bonds is 5. The molecule has 1 N–H and O–H groups in total. The van der Waals surface area contributed by atoms with Crippen molar-refractivity contribution in [3.8, 4) is 0 Å². The van der Waals surface area contributed by atoms with Gasteiger partial charge in [0.1, 0.15) is 12.4 Å². The van der Waals surface area contributed by atoms with Crippen LogP contribution in [0, 0.1) is 0 Å². The van der Waals surface area contributed by atoms with E-state index in [1.807, 2.05) is 0 Å². The van der Waals surface area contributed by atoms with Crippen molar-refractivity contribution in [1.29, 1.82) is 0 Å². The van der Waals surface area contributed by atoms with E-state index in [1.165, 1.54) is 4.68 Å². The summed E-state index contributed by atoms with van der Waals surface area (Å²) in [4.78, 5) is 11.9. The fraction of sp³-hybridized carbons (Fsp3) is 0.800. The van der Waals surface area contributed by atoms with Crippen molar-refractivity contribution in [3.63, 3.8) is 0 Å². The maximum atomic E-state index is 11.9. The van der Waals surface area contributed by atoms with Crippen molar-refractivity contribution >= 4 is 0 Å². The van der Waals surface area contributed by atoms with E-state index < -0.39 is 12.8 Å². The smallest absolute Gasteiger partial charge is 0.372 e. The summed E-state index contributed by atoms with van der Waals surface area (Å²) in [7, 11) is 0. The third kappa shape index (κ3) is 3.80. The zero-order valence-corrected chi connectivity index (χ0v) is 10.2. The van der Waals surface area contributed by atoms with E-state index in [0.717, 1.165) is 0 Å². The molecule has 0 aliphatic carbocycles. The fourth-order valence-electron chi connectivity index (χ4n) is 1.88. The summed E-state index contributed by atoms with van der Waals surface area (Å²) in [5, 5.41) is 7.21. The van der Waals surface area contributed by atoms with Crippen LogP contribution in [0.1, 0.15) is 12.2 Å². The molecule has 2 heterocycles. The van der Waals surface area contributed by atoms with Gasteiger partial charge in [-0.2, -0.15) is 18.3 Å². The summed E-state index contributed by atoms with van der Waals surface area (Å²) in [5.41, 5.74) is -0.215. The van der Waals surface area contributed by atoms with Crippen molar-refractivity contribution in [2.45, 2.75) is 32.2 Å². The summed E-state index contributed by atoms with van der Waals surface area (Å²) in [6, 6.07) is 0. The Balaban J connectivity index is 1.81. The predicted octanol–water partition coefficient (Wildman–Crippen LogP) is 0.117. The first-order chi connectivity index (χ1) is 8.97. The van der Waals surface area contributed by atoms with E-state index in [0.29, 0.717) is 31.9 Å². The highest BCUT2D eigenvalue weighted by Gasteiger charge is 2.27. The maximum Gasteiger partial charge on any atom is 0.411 e. The number of aromatic nitrogens is 3. The van der Waals surface area contributed by atoms with E-state index in [-0.39, 0.29) is 18.8 Å². The van der Waals surface area contributed by atoms with E-state index in [4.69, 9.17) is 0 Å². The number of nitrogens with zero attached hydrogens (tertiary/aromatic N) is 3. The molecule has 1 aliphatic heterocycles. The maximum absolute atomic E-state index is 11.9. The SMILES string of the molecule is O=c1n(CCCOCC(F)(F)F)nc2n1CCNC2. The van der Waals surface area contributed by atoms with Gasteiger partial charge < -0.3 is 10.1 Å². The molecule has 0 radical (unpaired) electrons. The van der Waals surface area contributed by atoms with Crippen LogP contribution >= 0.6 is 0 Å². The van der Waals surface area contributed by atoms with Crippen molar-refractivity contribution in [1.82, 2.24) is 19.7 Å². The van der Waals surface area contributed by atoms with Gasteiger partial charge in [-0.05, 0) is 6.42 Å². The molecule has 0 atom stereocenters. The number of nitrogens with one attached hydrogen (secondary N) is 1. The number of ether oxygens (including phenoxy) is 1. The average Bonchev–Trinajstić information content (AvgIpc) is 2.65. The lowest BCUT2D eigenvalue weighted by molar-refractivity contribution is -0.174. The lowest BCUT2D eigenvalue weighted by Gasteiger charge is -2.11. The van der Waals surface area contributed by atoms with Crippen LogP contribution in [0.2, 0.25) is 0 Å². The lowest BCUT2D eigenvalue weighted by Crippen LogP contribution is -2.34. The first-order valence-corrected chi connectivity index (χ1v) is 5.99. The van der Waals surface area contributed by atoms with Crippen molar-refractivity contribution in [2.24, 2.45) is 0 Å². The van der Waals surface area contributed by atoms with Crippen LogP contribution in [0.25, 0.3) is 0 Å². The summed E-state index contributed by atoms with van der Waals surface area (Å²) in [5.74, 6) is 0.660. The Bertz CT molecular complexity index is 480. The molecule has 2 rings (SSSR count). The van der Waals surface area contributed by atoms with Crippen LogP contribution in [0.15, 0.2) is 4.79 Å². The highest BCUT2D eigenvalue weighted by atomic mass is 19.4. The molecular weight excluding hydrogens is 265 g/mol. The number of hydrogen-bond donors (Lipinski definition) is 1. The van der Waals surface area contributed by atoms with Gasteiger partial charge in [0, 0.05) is 26.2 Å². The lowest BCUT2D eigenvalue weighted by atomic mass is 10.4. The average molecular weight is 280 g/mol. The fourth-order valence-corrected chi connectivity index (χ4v) is 1.88. The third-order valence-corrected chi connectivity index (χ3v) is 2.72. The minimum absolute atomic E-state index is 0.0492. The third-order valence-electron chi connectivity index (χ3n) is 2.72. The topological polar surface area (TPSA) is 61.1 Å². The Morgan fingerprint density at radius 1 is 1.42 bits per heavy atom. The summed E-state index contributed by atoms with van der Waals surface area (Å²) in [6.45, 7) is 0.771. The van der Waals surface area contributed by atoms with Gasteiger partial charge in [0.2, 0.25) is 0 Å². The number of halogens is 3. The molecule has 0 saturated heterocycles. The van der Waals surface area contributed by atoms with E-state index in [2.05, 4.69) is 15.2 Å². The van der Waals surface area contributed by atoms with E-state index in [9.17, 15) is 18.0 Å². The molecule has 6 nitrogen and oxygen atoms in total. The Kier molecular flexibility index (Phi) is 4.25. The zero-order chi connectivity index (χ0) is 13.9. The molecule has 1 aromatic rings. The first-order valence-electron chi connectivity index (χ1n) is 5.99. The molecule has 19 heavy (non-hydrogen) atoms. The quantitative estimate of drug-likeness (QED) is 0.778. The van der Waals surface area contributed by atoms with E-state index in [1.54, 1.807) is 4.57 Å². The normalized spacial score (nSPS) is 15.5. The van der Waals surface area contributed by atoms with Crippen LogP contribution in [0.3, 0.4) is 0 Å². The molecule has 108 valence electrons. The van der Waals surface area contributed by atoms with Crippen molar-refractivity contribution in [2.75, 3.05) is 19.8 Å². The number of alkyl halides is 3. The molecule has 1 aliphatic rings. The second-order valence-corrected chi connectivity index (χ2v) is 4.27. The molecule has 0 amide bonds. The Morgan fingerprint density at radius 3 is 2.89 bits per heavy atom. The minimum atomic E-state index is -4.31. The Labute approximate surface area is 107 Å². The van der Waals surface area contributed by atoms with Crippen LogP contribution in [0.5, 0.6) is 0 Å². The molecule has 0 saturated carbocycles.